The summed E-state index contributed by atoms with van der Waals surface area (Å²) in [5, 5.41) is 2.89. The minimum atomic E-state index is -0.510. The second kappa shape index (κ2) is 5.87. The molecule has 0 aliphatic carbocycles. The molecule has 1 N–H and O–H groups in total. The summed E-state index contributed by atoms with van der Waals surface area (Å²) < 4.78 is 28.2. The Morgan fingerprint density at radius 3 is 2.05 bits per heavy atom. The maximum absolute atomic E-state index is 14.1. The van der Waals surface area contributed by atoms with Crippen LogP contribution in [0.5, 0.6) is 0 Å². The van der Waals surface area contributed by atoms with Crippen LogP contribution < -0.4 is 10.2 Å². The molecule has 0 saturated carbocycles. The second-order valence-electron chi connectivity index (χ2n) is 6.09. The van der Waals surface area contributed by atoms with Gasteiger partial charge >= 0.3 is 0 Å². The van der Waals surface area contributed by atoms with Crippen LogP contribution in [-0.4, -0.2) is 20.1 Å². The highest BCUT2D eigenvalue weighted by Gasteiger charge is 2.27. The fraction of sp³-hybridized carbons (Fsp3) is 0.600. The largest absolute Gasteiger partial charge is 0.367 e. The van der Waals surface area contributed by atoms with E-state index in [4.69, 9.17) is 0 Å². The third-order valence-corrected chi connectivity index (χ3v) is 3.64. The average molecular weight is 270 g/mol. The molecule has 1 aromatic carbocycles. The number of anilines is 1. The minimum absolute atomic E-state index is 0.0200. The summed E-state index contributed by atoms with van der Waals surface area (Å²) in [6, 6.07) is 2.80. The number of hydrogen-bond donors (Lipinski definition) is 1. The summed E-state index contributed by atoms with van der Waals surface area (Å²) in [5.74, 6) is -1.02. The van der Waals surface area contributed by atoms with Gasteiger partial charge in [-0.2, -0.15) is 0 Å². The van der Waals surface area contributed by atoms with Crippen LogP contribution >= 0.6 is 0 Å². The molecule has 0 fully saturated rings. The third-order valence-electron chi connectivity index (χ3n) is 3.64. The first kappa shape index (κ1) is 15.9. The van der Waals surface area contributed by atoms with Crippen LogP contribution in [0, 0.1) is 17.0 Å². The van der Waals surface area contributed by atoms with Crippen LogP contribution in [0.25, 0.3) is 0 Å². The van der Waals surface area contributed by atoms with Crippen molar-refractivity contribution in [3.05, 3.63) is 29.3 Å². The van der Waals surface area contributed by atoms with Crippen LogP contribution in [0.4, 0.5) is 14.5 Å². The Hall–Kier alpha value is -1.16. The molecule has 1 unspecified atom stereocenters. The first-order valence-corrected chi connectivity index (χ1v) is 6.53. The van der Waals surface area contributed by atoms with Crippen LogP contribution in [-0.2, 0) is 6.54 Å². The van der Waals surface area contributed by atoms with Crippen molar-refractivity contribution in [1.82, 2.24) is 5.32 Å². The summed E-state index contributed by atoms with van der Waals surface area (Å²) in [6.07, 6.45) is 0. The first-order chi connectivity index (χ1) is 8.68. The molecule has 108 valence electrons. The van der Waals surface area contributed by atoms with Gasteiger partial charge in [-0.1, -0.05) is 20.8 Å². The minimum Gasteiger partial charge on any atom is -0.367 e. The lowest BCUT2D eigenvalue weighted by atomic mass is 9.87. The normalized spacial score (nSPS) is 13.5. The van der Waals surface area contributed by atoms with Crippen LogP contribution in [0.1, 0.15) is 33.3 Å². The van der Waals surface area contributed by atoms with Gasteiger partial charge in [0, 0.05) is 19.6 Å². The van der Waals surface area contributed by atoms with Crippen molar-refractivity contribution < 1.29 is 8.78 Å². The number of nitrogens with one attached hydrogen (secondary N) is 1. The SMILES string of the molecule is CNCc1cc(F)c(N(C)C(C)C(C)(C)C)c(F)c1. The molecule has 0 heterocycles. The lowest BCUT2D eigenvalue weighted by Gasteiger charge is -2.37. The standard InChI is InChI=1S/C15H24F2N2/c1-10(15(2,3)4)19(6)14-12(16)7-11(9-18-5)8-13(14)17/h7-8,10,18H,9H2,1-6H3. The van der Waals surface area contributed by atoms with Crippen molar-refractivity contribution in [2.75, 3.05) is 19.0 Å². The van der Waals surface area contributed by atoms with Crippen molar-refractivity contribution in [3.8, 4) is 0 Å². The van der Waals surface area contributed by atoms with E-state index >= 15 is 0 Å². The van der Waals surface area contributed by atoms with Gasteiger partial charge in [-0.15, -0.1) is 0 Å². The number of benzene rings is 1. The fourth-order valence-electron chi connectivity index (χ4n) is 2.04. The van der Waals surface area contributed by atoms with Crippen molar-refractivity contribution in [3.63, 3.8) is 0 Å². The monoisotopic (exact) mass is 270 g/mol. The number of nitrogens with zero attached hydrogens (tertiary/aromatic N) is 1. The molecule has 1 rings (SSSR count). The maximum atomic E-state index is 14.1. The topological polar surface area (TPSA) is 15.3 Å². The predicted octanol–water partition coefficient (Wildman–Crippen LogP) is 3.56. The average Bonchev–Trinajstić information content (AvgIpc) is 2.26. The van der Waals surface area contributed by atoms with Crippen LogP contribution in [0.3, 0.4) is 0 Å². The molecule has 0 amide bonds. The maximum Gasteiger partial charge on any atom is 0.149 e. The lowest BCUT2D eigenvalue weighted by molar-refractivity contribution is 0.326. The van der Waals surface area contributed by atoms with Gasteiger partial charge in [-0.3, -0.25) is 0 Å². The molecule has 0 radical (unpaired) electrons. The van der Waals surface area contributed by atoms with Crippen molar-refractivity contribution in [2.45, 2.75) is 40.3 Å². The highest BCUT2D eigenvalue weighted by Crippen LogP contribution is 2.31. The molecule has 0 aromatic heterocycles. The van der Waals surface area contributed by atoms with Crippen LogP contribution in [0.2, 0.25) is 0 Å². The smallest absolute Gasteiger partial charge is 0.149 e. The summed E-state index contributed by atoms with van der Waals surface area (Å²) in [4.78, 5) is 1.67. The van der Waals surface area contributed by atoms with E-state index in [9.17, 15) is 8.78 Å². The molecule has 0 saturated heterocycles. The van der Waals surface area contributed by atoms with E-state index < -0.39 is 11.6 Å². The van der Waals surface area contributed by atoms with E-state index in [1.165, 1.54) is 12.1 Å². The van der Waals surface area contributed by atoms with Gasteiger partial charge in [0.15, 0.2) is 0 Å². The second-order valence-corrected chi connectivity index (χ2v) is 6.09. The highest BCUT2D eigenvalue weighted by atomic mass is 19.1. The Morgan fingerprint density at radius 2 is 1.68 bits per heavy atom. The molecule has 1 atom stereocenters. The van der Waals surface area contributed by atoms with Crippen molar-refractivity contribution >= 4 is 5.69 Å². The van der Waals surface area contributed by atoms with E-state index in [0.29, 0.717) is 12.1 Å². The number of rotatable bonds is 4. The summed E-state index contributed by atoms with van der Waals surface area (Å²) in [5.41, 5.74) is 0.595. The van der Waals surface area contributed by atoms with Gasteiger partial charge in [-0.25, -0.2) is 8.78 Å². The van der Waals surface area contributed by atoms with Gasteiger partial charge in [0.1, 0.15) is 17.3 Å². The van der Waals surface area contributed by atoms with E-state index in [1.54, 1.807) is 19.0 Å². The Labute approximate surface area is 114 Å². The molecule has 4 heteroatoms. The zero-order chi connectivity index (χ0) is 14.8. The fourth-order valence-corrected chi connectivity index (χ4v) is 2.04. The Balaban J connectivity index is 3.14. The van der Waals surface area contributed by atoms with Gasteiger partial charge in [0.05, 0.1) is 0 Å². The predicted molar refractivity (Wildman–Crippen MR) is 76.4 cm³/mol. The van der Waals surface area contributed by atoms with Crippen molar-refractivity contribution in [2.24, 2.45) is 5.41 Å². The van der Waals surface area contributed by atoms with E-state index in [0.717, 1.165) is 0 Å². The van der Waals surface area contributed by atoms with Gasteiger partial charge in [-0.05, 0) is 37.1 Å². The Morgan fingerprint density at radius 1 is 1.21 bits per heavy atom. The molecule has 0 aliphatic heterocycles. The first-order valence-electron chi connectivity index (χ1n) is 6.53. The molecular formula is C15H24F2N2. The van der Waals surface area contributed by atoms with Crippen molar-refractivity contribution in [1.29, 1.82) is 0 Å². The molecule has 19 heavy (non-hydrogen) atoms. The van der Waals surface area contributed by atoms with Gasteiger partial charge < -0.3 is 10.2 Å². The zero-order valence-electron chi connectivity index (χ0n) is 12.6. The zero-order valence-corrected chi connectivity index (χ0v) is 12.6. The van der Waals surface area contributed by atoms with Gasteiger partial charge in [0.2, 0.25) is 0 Å². The summed E-state index contributed by atoms with van der Waals surface area (Å²) in [6.45, 7) is 8.59. The number of hydrogen-bond acceptors (Lipinski definition) is 2. The number of halogens is 2. The summed E-state index contributed by atoms with van der Waals surface area (Å²) in [7, 11) is 3.48. The third kappa shape index (κ3) is 3.66. The molecule has 2 nitrogen and oxygen atoms in total. The quantitative estimate of drug-likeness (QED) is 0.900. The lowest BCUT2D eigenvalue weighted by Crippen LogP contribution is -2.40. The van der Waals surface area contributed by atoms with E-state index in [1.807, 2.05) is 6.92 Å². The van der Waals surface area contributed by atoms with E-state index in [2.05, 4.69) is 26.1 Å². The van der Waals surface area contributed by atoms with E-state index in [-0.39, 0.29) is 17.1 Å². The van der Waals surface area contributed by atoms with Crippen LogP contribution in [0.15, 0.2) is 12.1 Å². The molecule has 1 aromatic rings. The molecule has 0 spiro atoms. The Kier molecular flexibility index (Phi) is 4.91. The summed E-state index contributed by atoms with van der Waals surface area (Å²) >= 11 is 0. The molecule has 0 bridgehead atoms. The molecule has 0 aliphatic rings. The Bertz CT molecular complexity index is 415. The highest BCUT2D eigenvalue weighted by molar-refractivity contribution is 5.51. The van der Waals surface area contributed by atoms with Gasteiger partial charge in [0.25, 0.3) is 0 Å². The molecular weight excluding hydrogens is 246 g/mol.